The third kappa shape index (κ3) is 6.85. The molecule has 0 fully saturated rings. The summed E-state index contributed by atoms with van der Waals surface area (Å²) >= 11 is 1.89. The molecular formula is C13H22N2S. The van der Waals surface area contributed by atoms with Gasteiger partial charge in [0, 0.05) is 29.6 Å². The number of pyridine rings is 1. The van der Waals surface area contributed by atoms with Crippen molar-refractivity contribution in [1.29, 1.82) is 0 Å². The van der Waals surface area contributed by atoms with E-state index in [1.807, 2.05) is 24.2 Å². The Morgan fingerprint density at radius 1 is 1.12 bits per heavy atom. The third-order valence-corrected chi connectivity index (χ3v) is 3.42. The normalized spacial score (nSPS) is 10.6. The van der Waals surface area contributed by atoms with Crippen molar-refractivity contribution in [2.75, 3.05) is 18.8 Å². The van der Waals surface area contributed by atoms with Gasteiger partial charge in [-0.2, -0.15) is 0 Å². The van der Waals surface area contributed by atoms with E-state index in [0.29, 0.717) is 0 Å². The first kappa shape index (κ1) is 13.5. The van der Waals surface area contributed by atoms with Crippen LogP contribution in [-0.4, -0.2) is 23.8 Å². The van der Waals surface area contributed by atoms with Gasteiger partial charge in [-0.3, -0.25) is 4.98 Å². The Kier molecular flexibility index (Phi) is 8.17. The lowest BCUT2D eigenvalue weighted by Gasteiger charge is -2.04. The van der Waals surface area contributed by atoms with Gasteiger partial charge in [-0.15, -0.1) is 11.8 Å². The Balaban J connectivity index is 1.89. The van der Waals surface area contributed by atoms with Crippen molar-refractivity contribution in [3.05, 3.63) is 24.5 Å². The summed E-state index contributed by atoms with van der Waals surface area (Å²) in [6.45, 7) is 4.51. The van der Waals surface area contributed by atoms with Gasteiger partial charge < -0.3 is 5.32 Å². The summed E-state index contributed by atoms with van der Waals surface area (Å²) in [6.07, 6.45) is 9.06. The molecule has 1 rings (SSSR count). The van der Waals surface area contributed by atoms with Crippen LogP contribution in [-0.2, 0) is 0 Å². The van der Waals surface area contributed by atoms with Crippen molar-refractivity contribution in [2.45, 2.75) is 37.5 Å². The standard InChI is InChI=1S/C13H22N2S/c1-2-3-4-5-8-14-11-12-16-13-6-9-15-10-7-13/h6-7,9-10,14H,2-5,8,11-12H2,1H3. The average Bonchev–Trinajstić information content (AvgIpc) is 2.34. The maximum atomic E-state index is 4.00. The number of unbranched alkanes of at least 4 members (excludes halogenated alkanes) is 3. The van der Waals surface area contributed by atoms with Crippen LogP contribution in [0, 0.1) is 0 Å². The highest BCUT2D eigenvalue weighted by molar-refractivity contribution is 7.99. The molecule has 2 nitrogen and oxygen atoms in total. The summed E-state index contributed by atoms with van der Waals surface area (Å²) < 4.78 is 0. The third-order valence-electron chi connectivity index (χ3n) is 2.40. The lowest BCUT2D eigenvalue weighted by molar-refractivity contribution is 0.613. The maximum absolute atomic E-state index is 4.00. The van der Waals surface area contributed by atoms with Gasteiger partial charge in [0.25, 0.3) is 0 Å². The van der Waals surface area contributed by atoms with Gasteiger partial charge in [0.1, 0.15) is 0 Å². The molecule has 0 aliphatic heterocycles. The molecule has 0 atom stereocenters. The molecule has 16 heavy (non-hydrogen) atoms. The predicted molar refractivity (Wildman–Crippen MR) is 72.0 cm³/mol. The first-order chi connectivity index (χ1) is 7.93. The van der Waals surface area contributed by atoms with Crippen molar-refractivity contribution < 1.29 is 0 Å². The molecule has 0 aliphatic rings. The summed E-state index contributed by atoms with van der Waals surface area (Å²) in [6, 6.07) is 4.12. The van der Waals surface area contributed by atoms with Crippen molar-refractivity contribution in [3.63, 3.8) is 0 Å². The lowest BCUT2D eigenvalue weighted by Crippen LogP contribution is -2.18. The molecule has 0 bridgehead atoms. The zero-order valence-corrected chi connectivity index (χ0v) is 10.9. The monoisotopic (exact) mass is 238 g/mol. The minimum Gasteiger partial charge on any atom is -0.316 e. The van der Waals surface area contributed by atoms with Crippen molar-refractivity contribution in [1.82, 2.24) is 10.3 Å². The lowest BCUT2D eigenvalue weighted by atomic mass is 10.2. The molecule has 3 heteroatoms. The smallest absolute Gasteiger partial charge is 0.0278 e. The highest BCUT2D eigenvalue weighted by Gasteiger charge is 1.92. The quantitative estimate of drug-likeness (QED) is 0.527. The minimum absolute atomic E-state index is 1.10. The highest BCUT2D eigenvalue weighted by atomic mass is 32.2. The van der Waals surface area contributed by atoms with Gasteiger partial charge in [-0.05, 0) is 25.1 Å². The molecule has 0 unspecified atom stereocenters. The van der Waals surface area contributed by atoms with Crippen LogP contribution in [0.2, 0.25) is 0 Å². The fraction of sp³-hybridized carbons (Fsp3) is 0.615. The number of nitrogens with one attached hydrogen (secondary N) is 1. The average molecular weight is 238 g/mol. The molecule has 0 radical (unpaired) electrons. The molecule has 1 N–H and O–H groups in total. The Labute approximate surface area is 103 Å². The van der Waals surface area contributed by atoms with Gasteiger partial charge >= 0.3 is 0 Å². The maximum Gasteiger partial charge on any atom is 0.0278 e. The molecule has 90 valence electrons. The number of hydrogen-bond acceptors (Lipinski definition) is 3. The fourth-order valence-corrected chi connectivity index (χ4v) is 2.27. The Morgan fingerprint density at radius 2 is 1.94 bits per heavy atom. The van der Waals surface area contributed by atoms with E-state index in [0.717, 1.165) is 18.8 Å². The molecule has 0 saturated carbocycles. The van der Waals surface area contributed by atoms with E-state index < -0.39 is 0 Å². The van der Waals surface area contributed by atoms with Crippen LogP contribution in [0.5, 0.6) is 0 Å². The van der Waals surface area contributed by atoms with Crippen molar-refractivity contribution >= 4 is 11.8 Å². The first-order valence-electron chi connectivity index (χ1n) is 6.17. The minimum atomic E-state index is 1.10. The van der Waals surface area contributed by atoms with Crippen LogP contribution in [0.1, 0.15) is 32.6 Å². The Hall–Kier alpha value is -0.540. The van der Waals surface area contributed by atoms with Gasteiger partial charge in [0.05, 0.1) is 0 Å². The Bertz CT molecular complexity index is 251. The fourth-order valence-electron chi connectivity index (χ4n) is 1.48. The second kappa shape index (κ2) is 9.67. The first-order valence-corrected chi connectivity index (χ1v) is 7.15. The van der Waals surface area contributed by atoms with Gasteiger partial charge in [0.2, 0.25) is 0 Å². The molecule has 0 saturated heterocycles. The van der Waals surface area contributed by atoms with Gasteiger partial charge in [-0.1, -0.05) is 26.2 Å². The summed E-state index contributed by atoms with van der Waals surface area (Å²) in [7, 11) is 0. The van der Waals surface area contributed by atoms with E-state index in [1.54, 1.807) is 0 Å². The van der Waals surface area contributed by atoms with E-state index in [-0.39, 0.29) is 0 Å². The number of hydrogen-bond donors (Lipinski definition) is 1. The van der Waals surface area contributed by atoms with E-state index in [2.05, 4.69) is 29.4 Å². The van der Waals surface area contributed by atoms with Crippen molar-refractivity contribution in [2.24, 2.45) is 0 Å². The summed E-state index contributed by atoms with van der Waals surface area (Å²) in [5.74, 6) is 1.14. The molecular weight excluding hydrogens is 216 g/mol. The predicted octanol–water partition coefficient (Wildman–Crippen LogP) is 3.34. The van der Waals surface area contributed by atoms with E-state index in [9.17, 15) is 0 Å². The molecule has 0 aliphatic carbocycles. The number of aromatic nitrogens is 1. The zero-order valence-electron chi connectivity index (χ0n) is 10.1. The molecule has 0 spiro atoms. The summed E-state index contributed by atoms with van der Waals surface area (Å²) in [5, 5.41) is 3.48. The molecule has 1 aromatic rings. The Morgan fingerprint density at radius 3 is 2.69 bits per heavy atom. The summed E-state index contributed by atoms with van der Waals surface area (Å²) in [4.78, 5) is 5.31. The SMILES string of the molecule is CCCCCCNCCSc1ccncc1. The van der Waals surface area contributed by atoms with Crippen LogP contribution in [0.15, 0.2) is 29.4 Å². The van der Waals surface area contributed by atoms with E-state index in [1.165, 1.54) is 30.6 Å². The molecule has 0 aromatic carbocycles. The van der Waals surface area contributed by atoms with Gasteiger partial charge in [-0.25, -0.2) is 0 Å². The van der Waals surface area contributed by atoms with Crippen LogP contribution in [0.3, 0.4) is 0 Å². The number of rotatable bonds is 9. The summed E-state index contributed by atoms with van der Waals surface area (Å²) in [5.41, 5.74) is 0. The van der Waals surface area contributed by atoms with Crippen molar-refractivity contribution in [3.8, 4) is 0 Å². The van der Waals surface area contributed by atoms with Crippen LogP contribution >= 0.6 is 11.8 Å². The van der Waals surface area contributed by atoms with Gasteiger partial charge in [0.15, 0.2) is 0 Å². The van der Waals surface area contributed by atoms with Crippen LogP contribution in [0.4, 0.5) is 0 Å². The number of nitrogens with zero attached hydrogens (tertiary/aromatic N) is 1. The van der Waals surface area contributed by atoms with Crippen LogP contribution < -0.4 is 5.32 Å². The topological polar surface area (TPSA) is 24.9 Å². The second-order valence-corrected chi connectivity index (χ2v) is 5.01. The van der Waals surface area contributed by atoms with Crippen LogP contribution in [0.25, 0.3) is 0 Å². The molecule has 0 amide bonds. The number of thioether (sulfide) groups is 1. The molecule has 1 heterocycles. The molecule has 1 aromatic heterocycles. The largest absolute Gasteiger partial charge is 0.316 e. The second-order valence-electron chi connectivity index (χ2n) is 3.84. The van der Waals surface area contributed by atoms with E-state index >= 15 is 0 Å². The zero-order chi connectivity index (χ0) is 11.5. The highest BCUT2D eigenvalue weighted by Crippen LogP contribution is 2.14. The van der Waals surface area contributed by atoms with E-state index in [4.69, 9.17) is 0 Å².